The van der Waals surface area contributed by atoms with E-state index in [0.29, 0.717) is 0 Å². The summed E-state index contributed by atoms with van der Waals surface area (Å²) in [4.78, 5) is 10.4. The molecule has 0 fully saturated rings. The zero-order valence-corrected chi connectivity index (χ0v) is 10.1. The van der Waals surface area contributed by atoms with Crippen LogP contribution < -0.4 is 5.32 Å². The molecule has 2 N–H and O–H groups in total. The number of rotatable bonds is 4. The second-order valence-electron chi connectivity index (χ2n) is 4.13. The molecule has 0 aliphatic rings. The highest BCUT2D eigenvalue weighted by molar-refractivity contribution is 7.82. The second kappa shape index (κ2) is 4.11. The molecule has 78 valence electrons. The molecule has 0 aromatic carbocycles. The highest BCUT2D eigenvalue weighted by Gasteiger charge is 2.34. The first-order valence-electron chi connectivity index (χ1n) is 3.99. The number of aliphatic carboxylic acids is 1. The minimum absolute atomic E-state index is 0.525. The fourth-order valence-corrected chi connectivity index (χ4v) is 1.20. The molecule has 0 bridgehead atoms. The summed E-state index contributed by atoms with van der Waals surface area (Å²) in [6.07, 6.45) is 0. The average molecular weight is 223 g/mol. The minimum Gasteiger partial charge on any atom is -0.480 e. The maximum absolute atomic E-state index is 10.9. The van der Waals surface area contributed by atoms with E-state index in [0.717, 1.165) is 0 Å². The summed E-state index contributed by atoms with van der Waals surface area (Å²) in [6, 6.07) is -0.719. The van der Waals surface area contributed by atoms with Gasteiger partial charge >= 0.3 is 5.97 Å². The van der Waals surface area contributed by atoms with Gasteiger partial charge in [-0.3, -0.25) is 10.1 Å². The summed E-state index contributed by atoms with van der Waals surface area (Å²) in [5.74, 6) is -0.915. The smallest absolute Gasteiger partial charge is 0.322 e. The first-order valence-corrected chi connectivity index (χ1v) is 4.89. The van der Waals surface area contributed by atoms with E-state index in [9.17, 15) is 4.79 Å². The maximum Gasteiger partial charge on any atom is 0.322 e. The molecule has 13 heavy (non-hydrogen) atoms. The summed E-state index contributed by atoms with van der Waals surface area (Å²) < 4.78 is -0.619. The molecule has 0 aliphatic carbocycles. The normalized spacial score (nSPS) is 15.5. The van der Waals surface area contributed by atoms with E-state index in [1.807, 2.05) is 0 Å². The molecule has 0 spiro atoms. The van der Waals surface area contributed by atoms with Gasteiger partial charge in [-0.1, -0.05) is 0 Å². The van der Waals surface area contributed by atoms with Gasteiger partial charge in [0.2, 0.25) is 0 Å². The van der Waals surface area contributed by atoms with E-state index < -0.39 is 21.6 Å². The lowest BCUT2D eigenvalue weighted by atomic mass is 10.0. The van der Waals surface area contributed by atoms with E-state index in [4.69, 9.17) is 5.11 Å². The Labute approximate surface area is 90.1 Å². The molecule has 0 aliphatic heterocycles. The first-order chi connectivity index (χ1) is 5.54. The Balaban J connectivity index is 4.56. The van der Waals surface area contributed by atoms with Gasteiger partial charge in [0.15, 0.2) is 0 Å². The molecule has 0 radical (unpaired) electrons. The average Bonchev–Trinajstić information content (AvgIpc) is 1.77. The molecule has 0 saturated heterocycles. The minimum atomic E-state index is -0.915. The van der Waals surface area contributed by atoms with Crippen molar-refractivity contribution in [1.82, 2.24) is 5.32 Å². The van der Waals surface area contributed by atoms with Crippen molar-refractivity contribution in [3.8, 4) is 0 Å². The topological polar surface area (TPSA) is 49.3 Å². The van der Waals surface area contributed by atoms with Gasteiger partial charge in [0.05, 0.1) is 4.87 Å². The van der Waals surface area contributed by atoms with Crippen LogP contribution in [0.15, 0.2) is 0 Å². The van der Waals surface area contributed by atoms with Crippen molar-refractivity contribution >= 4 is 31.2 Å². The predicted octanol–water partition coefficient (Wildman–Crippen LogP) is 1.40. The second-order valence-corrected chi connectivity index (χ2v) is 6.40. The molecule has 0 heterocycles. The number of hydrogen-bond acceptors (Lipinski definition) is 4. The molecular formula is C8H17NO2S2. The van der Waals surface area contributed by atoms with Gasteiger partial charge < -0.3 is 5.11 Å². The Morgan fingerprint density at radius 3 is 1.77 bits per heavy atom. The molecule has 0 saturated carbocycles. The molecule has 0 aromatic rings. The number of carboxylic acid groups (broad SMARTS) is 1. The lowest BCUT2D eigenvalue weighted by Crippen LogP contribution is -2.55. The molecule has 0 rings (SSSR count). The molecule has 3 nitrogen and oxygen atoms in total. The Morgan fingerprint density at radius 1 is 1.31 bits per heavy atom. The monoisotopic (exact) mass is 223 g/mol. The summed E-state index contributed by atoms with van der Waals surface area (Å²) in [5.41, 5.74) is 0. The van der Waals surface area contributed by atoms with Crippen LogP contribution in [0.5, 0.6) is 0 Å². The highest BCUT2D eigenvalue weighted by Crippen LogP contribution is 2.21. The van der Waals surface area contributed by atoms with Crippen molar-refractivity contribution in [2.75, 3.05) is 0 Å². The number of thiol groups is 2. The van der Waals surface area contributed by atoms with Gasteiger partial charge in [-0.15, -0.1) is 0 Å². The van der Waals surface area contributed by atoms with Crippen LogP contribution in [0.3, 0.4) is 0 Å². The molecule has 1 atom stereocenters. The van der Waals surface area contributed by atoms with Crippen molar-refractivity contribution in [3.05, 3.63) is 0 Å². The highest BCUT2D eigenvalue weighted by atomic mass is 32.1. The third kappa shape index (κ3) is 5.44. The van der Waals surface area contributed by atoms with Gasteiger partial charge in [-0.2, -0.15) is 25.3 Å². The number of hydrogen-bond donors (Lipinski definition) is 4. The van der Waals surface area contributed by atoms with Crippen molar-refractivity contribution in [3.63, 3.8) is 0 Å². The standard InChI is InChI=1S/C8H17NO2S2/c1-7(2,12)5(6(10)11)9-8(3,4)13/h5,9,12-13H,1-4H3,(H,10,11)/t5-/m1/s1. The van der Waals surface area contributed by atoms with E-state index in [2.05, 4.69) is 30.6 Å². The third-order valence-electron chi connectivity index (χ3n) is 1.45. The SMILES string of the molecule is CC(C)(S)N[C@H](C(=O)O)C(C)(C)S. The number of carbonyl (C=O) groups is 1. The molecular weight excluding hydrogens is 206 g/mol. The van der Waals surface area contributed by atoms with Crippen LogP contribution in [0.1, 0.15) is 27.7 Å². The molecule has 0 amide bonds. The largest absolute Gasteiger partial charge is 0.480 e. The Bertz CT molecular complexity index is 193. The number of carboxylic acids is 1. The van der Waals surface area contributed by atoms with Crippen molar-refractivity contribution in [2.45, 2.75) is 43.4 Å². The zero-order chi connectivity index (χ0) is 10.9. The van der Waals surface area contributed by atoms with Crippen LogP contribution in [-0.2, 0) is 4.79 Å². The van der Waals surface area contributed by atoms with Gasteiger partial charge in [-0.05, 0) is 27.7 Å². The van der Waals surface area contributed by atoms with Gasteiger partial charge in [0, 0.05) is 4.75 Å². The Kier molecular flexibility index (Phi) is 4.15. The van der Waals surface area contributed by atoms with Crippen LogP contribution in [-0.4, -0.2) is 26.7 Å². The summed E-state index contributed by atoms with van der Waals surface area (Å²) in [7, 11) is 0. The fourth-order valence-electron chi connectivity index (χ4n) is 0.894. The van der Waals surface area contributed by atoms with Crippen molar-refractivity contribution in [1.29, 1.82) is 0 Å². The van der Waals surface area contributed by atoms with E-state index in [-0.39, 0.29) is 0 Å². The summed E-state index contributed by atoms with van der Waals surface area (Å²) >= 11 is 8.44. The van der Waals surface area contributed by atoms with Gasteiger partial charge in [0.1, 0.15) is 6.04 Å². The van der Waals surface area contributed by atoms with Crippen molar-refractivity contribution < 1.29 is 9.90 Å². The molecule has 0 unspecified atom stereocenters. The van der Waals surface area contributed by atoms with Crippen LogP contribution in [0.25, 0.3) is 0 Å². The van der Waals surface area contributed by atoms with Crippen molar-refractivity contribution in [2.24, 2.45) is 0 Å². The Morgan fingerprint density at radius 2 is 1.69 bits per heavy atom. The van der Waals surface area contributed by atoms with Crippen LogP contribution in [0, 0.1) is 0 Å². The van der Waals surface area contributed by atoms with E-state index >= 15 is 0 Å². The number of nitrogens with one attached hydrogen (secondary N) is 1. The fraction of sp³-hybridized carbons (Fsp3) is 0.875. The van der Waals surface area contributed by atoms with Crippen LogP contribution in [0.2, 0.25) is 0 Å². The summed E-state index contributed by atoms with van der Waals surface area (Å²) in [5, 5.41) is 11.8. The zero-order valence-electron chi connectivity index (χ0n) is 8.33. The molecule has 0 aromatic heterocycles. The summed E-state index contributed by atoms with van der Waals surface area (Å²) in [6.45, 7) is 7.10. The molecule has 5 heteroatoms. The van der Waals surface area contributed by atoms with Gasteiger partial charge in [0.25, 0.3) is 0 Å². The van der Waals surface area contributed by atoms with E-state index in [1.54, 1.807) is 27.7 Å². The lowest BCUT2D eigenvalue weighted by molar-refractivity contribution is -0.140. The van der Waals surface area contributed by atoms with Crippen LogP contribution in [0.4, 0.5) is 0 Å². The quantitative estimate of drug-likeness (QED) is 0.430. The Hall–Kier alpha value is 0.130. The third-order valence-corrected chi connectivity index (χ3v) is 1.84. The van der Waals surface area contributed by atoms with Crippen LogP contribution >= 0.6 is 25.3 Å². The first kappa shape index (κ1) is 13.1. The maximum atomic E-state index is 10.9. The predicted molar refractivity (Wildman–Crippen MR) is 60.7 cm³/mol. The van der Waals surface area contributed by atoms with Gasteiger partial charge in [-0.25, -0.2) is 0 Å². The van der Waals surface area contributed by atoms with E-state index in [1.165, 1.54) is 0 Å². The lowest BCUT2D eigenvalue weighted by Gasteiger charge is -2.32.